The highest BCUT2D eigenvalue weighted by atomic mass is 28.4. The van der Waals surface area contributed by atoms with Crippen molar-refractivity contribution in [3.05, 3.63) is 53.1 Å². The summed E-state index contributed by atoms with van der Waals surface area (Å²) in [4.78, 5) is 0. The lowest BCUT2D eigenvalue weighted by Gasteiger charge is -2.37. The summed E-state index contributed by atoms with van der Waals surface area (Å²) in [7, 11) is -1.85. The van der Waals surface area contributed by atoms with Crippen LogP contribution in [0.15, 0.2) is 36.4 Å². The second-order valence-corrected chi connectivity index (χ2v) is 23.3. The van der Waals surface area contributed by atoms with Crippen molar-refractivity contribution in [2.45, 2.75) is 103 Å². The van der Waals surface area contributed by atoms with Crippen LogP contribution in [-0.4, -0.2) is 36.9 Å². The maximum absolute atomic E-state index is 6.59. The van der Waals surface area contributed by atoms with Gasteiger partial charge in [-0.3, -0.25) is 0 Å². The molecule has 0 amide bonds. The topological polar surface area (TPSA) is 39.7 Å². The van der Waals surface area contributed by atoms with E-state index < -0.39 is 16.6 Å². The lowest BCUT2D eigenvalue weighted by atomic mass is 9.79. The largest absolute Gasteiger partial charge is 0.543 e. The zero-order chi connectivity index (χ0) is 27.6. The van der Waals surface area contributed by atoms with Crippen molar-refractivity contribution in [3.8, 4) is 11.5 Å². The lowest BCUT2D eigenvalue weighted by molar-refractivity contribution is 0.301. The molecule has 2 aromatic carbocycles. The molecule has 0 saturated carbocycles. The molecule has 0 saturated heterocycles. The summed E-state index contributed by atoms with van der Waals surface area (Å²) in [6.07, 6.45) is 3.27. The number of hydrogen-bond acceptors (Lipinski definition) is 4. The van der Waals surface area contributed by atoms with E-state index >= 15 is 0 Å². The summed E-state index contributed by atoms with van der Waals surface area (Å²) in [5.41, 5.74) is 5.44. The Kier molecular flexibility index (Phi) is 8.98. The van der Waals surface area contributed by atoms with E-state index in [0.29, 0.717) is 5.92 Å². The maximum atomic E-state index is 6.59. The molecular formula is C31H51NO3Si2. The van der Waals surface area contributed by atoms with E-state index in [0.717, 1.165) is 43.9 Å². The van der Waals surface area contributed by atoms with E-state index in [2.05, 4.69) is 109 Å². The first-order chi connectivity index (χ1) is 17.0. The fraction of sp³-hybridized carbons (Fsp3) is 0.613. The van der Waals surface area contributed by atoms with Crippen molar-refractivity contribution in [1.29, 1.82) is 0 Å². The fourth-order valence-electron chi connectivity index (χ4n) is 4.39. The van der Waals surface area contributed by atoms with Gasteiger partial charge in [0.25, 0.3) is 0 Å². The van der Waals surface area contributed by atoms with Gasteiger partial charge in [0.2, 0.25) is 8.32 Å². The molecule has 1 aliphatic carbocycles. The van der Waals surface area contributed by atoms with Gasteiger partial charge < -0.3 is 18.9 Å². The lowest BCUT2D eigenvalue weighted by Crippen LogP contribution is -2.43. The van der Waals surface area contributed by atoms with Crippen molar-refractivity contribution < 1.29 is 13.6 Å². The summed E-state index contributed by atoms with van der Waals surface area (Å²) >= 11 is 0. The van der Waals surface area contributed by atoms with Gasteiger partial charge in [0.15, 0.2) is 8.32 Å². The molecule has 6 heteroatoms. The molecule has 0 heterocycles. The van der Waals surface area contributed by atoms with Crippen molar-refractivity contribution in [3.63, 3.8) is 0 Å². The van der Waals surface area contributed by atoms with Crippen molar-refractivity contribution >= 4 is 22.3 Å². The number of anilines is 1. The molecule has 0 bridgehead atoms. The van der Waals surface area contributed by atoms with E-state index in [1.54, 1.807) is 7.11 Å². The summed E-state index contributed by atoms with van der Waals surface area (Å²) in [5.74, 6) is 2.41. The second-order valence-electron chi connectivity index (χ2n) is 13.7. The van der Waals surface area contributed by atoms with Gasteiger partial charge in [0, 0.05) is 18.3 Å². The molecule has 1 aliphatic rings. The molecule has 0 aliphatic heterocycles. The Bertz CT molecular complexity index is 1070. The van der Waals surface area contributed by atoms with Crippen LogP contribution in [-0.2, 0) is 17.3 Å². The number of hydrogen-bond donors (Lipinski definition) is 1. The molecule has 0 spiro atoms. The molecular weight excluding hydrogens is 491 g/mol. The molecule has 3 rings (SSSR count). The molecule has 1 unspecified atom stereocenters. The third kappa shape index (κ3) is 7.21. The van der Waals surface area contributed by atoms with Crippen LogP contribution in [0.25, 0.3) is 0 Å². The van der Waals surface area contributed by atoms with Crippen molar-refractivity contribution in [2.24, 2.45) is 0 Å². The zero-order valence-electron chi connectivity index (χ0n) is 25.3. The minimum Gasteiger partial charge on any atom is -0.543 e. The predicted molar refractivity (Wildman–Crippen MR) is 164 cm³/mol. The van der Waals surface area contributed by atoms with Gasteiger partial charge >= 0.3 is 0 Å². The Morgan fingerprint density at radius 3 is 2.11 bits per heavy atom. The normalized spacial score (nSPS) is 16.8. The Hall–Kier alpha value is -1.77. The summed E-state index contributed by atoms with van der Waals surface area (Å²) in [5, 5.41) is 4.10. The van der Waals surface area contributed by atoms with E-state index in [9.17, 15) is 0 Å². The van der Waals surface area contributed by atoms with Gasteiger partial charge in [-0.2, -0.15) is 0 Å². The van der Waals surface area contributed by atoms with Gasteiger partial charge in [0.05, 0.1) is 13.7 Å². The first-order valence-electron chi connectivity index (χ1n) is 13.9. The number of benzene rings is 2. The Morgan fingerprint density at radius 1 is 0.838 bits per heavy atom. The second kappa shape index (κ2) is 11.1. The van der Waals surface area contributed by atoms with Crippen LogP contribution in [0.2, 0.25) is 36.3 Å². The standard InChI is InChI=1S/C31H51NO3Si2/c1-30(2,3)36(8,9)34-19-18-32-29-22-26(33-7)16-17-28(29)25-13-12-24-21-27(15-14-23(24)20-25)35-37(10,11)31(4,5)6/h14-17,21-22,25,32H,12-13,18-20H2,1-11H3. The van der Waals surface area contributed by atoms with E-state index in [4.69, 9.17) is 13.6 Å². The highest BCUT2D eigenvalue weighted by Crippen LogP contribution is 2.41. The highest BCUT2D eigenvalue weighted by Gasteiger charge is 2.39. The van der Waals surface area contributed by atoms with Crippen LogP contribution in [0.5, 0.6) is 11.5 Å². The van der Waals surface area contributed by atoms with Crippen molar-refractivity contribution in [2.75, 3.05) is 25.6 Å². The number of ether oxygens (including phenoxy) is 1. The van der Waals surface area contributed by atoms with E-state index in [1.165, 1.54) is 22.4 Å². The van der Waals surface area contributed by atoms with Crippen LogP contribution in [0.3, 0.4) is 0 Å². The smallest absolute Gasteiger partial charge is 0.250 e. The summed E-state index contributed by atoms with van der Waals surface area (Å²) < 4.78 is 18.6. The number of fused-ring (bicyclic) bond motifs is 1. The van der Waals surface area contributed by atoms with Gasteiger partial charge in [-0.15, -0.1) is 0 Å². The molecule has 0 fully saturated rings. The van der Waals surface area contributed by atoms with Crippen LogP contribution in [0.1, 0.15) is 70.6 Å². The fourth-order valence-corrected chi connectivity index (χ4v) is 6.46. The number of methoxy groups -OCH3 is 1. The maximum Gasteiger partial charge on any atom is 0.250 e. The molecule has 2 aromatic rings. The van der Waals surface area contributed by atoms with Gasteiger partial charge in [0.1, 0.15) is 11.5 Å². The Labute approximate surface area is 228 Å². The SMILES string of the molecule is COc1ccc(C2CCc3cc(O[Si](C)(C)C(C)(C)C)ccc3C2)c(NCCO[Si](C)(C)C(C)(C)C)c1. The molecule has 37 heavy (non-hydrogen) atoms. The molecule has 0 radical (unpaired) electrons. The molecule has 4 nitrogen and oxygen atoms in total. The average Bonchev–Trinajstić information content (AvgIpc) is 2.79. The van der Waals surface area contributed by atoms with Crippen LogP contribution >= 0.6 is 0 Å². The third-order valence-electron chi connectivity index (χ3n) is 8.97. The van der Waals surface area contributed by atoms with Gasteiger partial charge in [-0.05, 0) is 96.3 Å². The zero-order valence-corrected chi connectivity index (χ0v) is 27.3. The monoisotopic (exact) mass is 541 g/mol. The number of rotatable bonds is 9. The minimum absolute atomic E-state index is 0.196. The molecule has 1 atom stereocenters. The minimum atomic E-state index is -1.84. The molecule has 0 aromatic heterocycles. The predicted octanol–water partition coefficient (Wildman–Crippen LogP) is 8.79. The quantitative estimate of drug-likeness (QED) is 0.254. The summed E-state index contributed by atoms with van der Waals surface area (Å²) in [6, 6.07) is 13.3. The molecule has 206 valence electrons. The number of aryl methyl sites for hydroxylation is 1. The Balaban J connectivity index is 1.72. The average molecular weight is 542 g/mol. The number of nitrogens with one attached hydrogen (secondary N) is 1. The van der Waals surface area contributed by atoms with E-state index in [-0.39, 0.29) is 10.1 Å². The third-order valence-corrected chi connectivity index (χ3v) is 17.9. The van der Waals surface area contributed by atoms with Crippen LogP contribution in [0.4, 0.5) is 5.69 Å². The van der Waals surface area contributed by atoms with Crippen LogP contribution < -0.4 is 14.5 Å². The van der Waals surface area contributed by atoms with Crippen molar-refractivity contribution in [1.82, 2.24) is 0 Å². The molecule has 1 N–H and O–H groups in total. The highest BCUT2D eigenvalue weighted by molar-refractivity contribution is 6.75. The van der Waals surface area contributed by atoms with Crippen LogP contribution in [0, 0.1) is 0 Å². The summed E-state index contributed by atoms with van der Waals surface area (Å²) in [6.45, 7) is 24.5. The first-order valence-corrected chi connectivity index (χ1v) is 19.7. The van der Waals surface area contributed by atoms with Gasteiger partial charge in [-0.25, -0.2) is 0 Å². The van der Waals surface area contributed by atoms with Gasteiger partial charge in [-0.1, -0.05) is 53.7 Å². The Morgan fingerprint density at radius 2 is 1.49 bits per heavy atom. The first kappa shape index (κ1) is 29.8. The van der Waals surface area contributed by atoms with E-state index in [1.807, 2.05) is 0 Å².